The van der Waals surface area contributed by atoms with Crippen molar-refractivity contribution in [2.45, 2.75) is 38.5 Å². The largest absolute Gasteiger partial charge is 0.439 e. The van der Waals surface area contributed by atoms with E-state index < -0.39 is 5.60 Å². The summed E-state index contributed by atoms with van der Waals surface area (Å²) >= 11 is 0. The van der Waals surface area contributed by atoms with Crippen molar-refractivity contribution in [3.8, 4) is 11.6 Å². The standard InChI is InChI=1S/C26H32N6O3/c1-26(2,34)25(33)32-11-9-31(10-12-32)17-18-13-19-3-5-21(14-23(19)27-15-18)35-24-6-4-20(16-28-24)22-7-8-29-30-22/h3-6,13-16,22,29-30,34H,7-12,17H2,1-2H3. The van der Waals surface area contributed by atoms with Crippen molar-refractivity contribution < 1.29 is 14.6 Å². The van der Waals surface area contributed by atoms with E-state index in [1.165, 1.54) is 13.8 Å². The fourth-order valence-electron chi connectivity index (χ4n) is 4.56. The minimum atomic E-state index is -1.32. The Labute approximate surface area is 205 Å². The molecule has 1 atom stereocenters. The van der Waals surface area contributed by atoms with Crippen molar-refractivity contribution in [1.29, 1.82) is 0 Å². The first kappa shape index (κ1) is 23.6. The lowest BCUT2D eigenvalue weighted by atomic mass is 10.1. The van der Waals surface area contributed by atoms with Crippen LogP contribution in [-0.2, 0) is 11.3 Å². The summed E-state index contributed by atoms with van der Waals surface area (Å²) in [6.45, 7) is 7.58. The number of carbonyl (C=O) groups excluding carboxylic acids is 1. The van der Waals surface area contributed by atoms with Gasteiger partial charge in [0.1, 0.15) is 11.4 Å². The van der Waals surface area contributed by atoms with E-state index >= 15 is 0 Å². The van der Waals surface area contributed by atoms with Crippen molar-refractivity contribution in [2.75, 3.05) is 32.7 Å². The third-order valence-electron chi connectivity index (χ3n) is 6.52. The van der Waals surface area contributed by atoms with E-state index in [9.17, 15) is 9.90 Å². The number of ether oxygens (including phenoxy) is 1. The summed E-state index contributed by atoms with van der Waals surface area (Å²) in [5, 5.41) is 11.0. The predicted molar refractivity (Wildman–Crippen MR) is 133 cm³/mol. The second-order valence-corrected chi connectivity index (χ2v) is 9.77. The fourth-order valence-corrected chi connectivity index (χ4v) is 4.56. The maximum atomic E-state index is 12.3. The fraction of sp³-hybridized carbons (Fsp3) is 0.423. The Hall–Kier alpha value is -3.11. The molecule has 1 aromatic carbocycles. The van der Waals surface area contributed by atoms with Crippen LogP contribution in [0.2, 0.25) is 0 Å². The van der Waals surface area contributed by atoms with Gasteiger partial charge in [0.15, 0.2) is 0 Å². The summed E-state index contributed by atoms with van der Waals surface area (Å²) in [5.74, 6) is 1.04. The molecule has 35 heavy (non-hydrogen) atoms. The van der Waals surface area contributed by atoms with Gasteiger partial charge in [-0.05, 0) is 49.6 Å². The highest BCUT2D eigenvalue weighted by atomic mass is 16.5. The molecular weight excluding hydrogens is 444 g/mol. The van der Waals surface area contributed by atoms with Gasteiger partial charge >= 0.3 is 0 Å². The lowest BCUT2D eigenvalue weighted by Crippen LogP contribution is -2.53. The third kappa shape index (κ3) is 5.59. The quantitative estimate of drug-likeness (QED) is 0.498. The zero-order valence-corrected chi connectivity index (χ0v) is 20.2. The Morgan fingerprint density at radius 1 is 1.11 bits per heavy atom. The van der Waals surface area contributed by atoms with Crippen LogP contribution in [0.4, 0.5) is 0 Å². The van der Waals surface area contributed by atoms with E-state index in [-0.39, 0.29) is 11.9 Å². The maximum Gasteiger partial charge on any atom is 0.254 e. The van der Waals surface area contributed by atoms with Gasteiger partial charge in [-0.15, -0.1) is 0 Å². The number of hydrogen-bond donors (Lipinski definition) is 3. The van der Waals surface area contributed by atoms with Crippen LogP contribution in [0.1, 0.15) is 37.4 Å². The number of hydrazine groups is 1. The van der Waals surface area contributed by atoms with Crippen LogP contribution in [-0.4, -0.2) is 69.1 Å². The van der Waals surface area contributed by atoms with Crippen LogP contribution in [0.3, 0.4) is 0 Å². The molecule has 0 bridgehead atoms. The molecule has 1 unspecified atom stereocenters. The smallest absolute Gasteiger partial charge is 0.254 e. The molecule has 0 aliphatic carbocycles. The number of rotatable bonds is 6. The second kappa shape index (κ2) is 9.87. The highest BCUT2D eigenvalue weighted by Gasteiger charge is 2.31. The van der Waals surface area contributed by atoms with Crippen LogP contribution < -0.4 is 15.6 Å². The van der Waals surface area contributed by atoms with Gasteiger partial charge in [-0.3, -0.25) is 25.5 Å². The minimum Gasteiger partial charge on any atom is -0.439 e. The van der Waals surface area contributed by atoms with Crippen molar-refractivity contribution in [3.05, 3.63) is 59.9 Å². The number of benzene rings is 1. The first-order chi connectivity index (χ1) is 16.8. The maximum absolute atomic E-state index is 12.3. The highest BCUT2D eigenvalue weighted by Crippen LogP contribution is 2.26. The van der Waals surface area contributed by atoms with Gasteiger partial charge < -0.3 is 14.7 Å². The summed E-state index contributed by atoms with van der Waals surface area (Å²) in [6, 6.07) is 12.3. The molecule has 0 saturated carbocycles. The number of pyridine rings is 2. The number of nitrogens with one attached hydrogen (secondary N) is 2. The molecule has 184 valence electrons. The molecule has 2 fully saturated rings. The van der Waals surface area contributed by atoms with Gasteiger partial charge in [0.2, 0.25) is 5.88 Å². The van der Waals surface area contributed by atoms with Crippen molar-refractivity contribution in [3.63, 3.8) is 0 Å². The van der Waals surface area contributed by atoms with E-state index in [1.54, 1.807) is 4.90 Å². The van der Waals surface area contributed by atoms with Gasteiger partial charge in [0.25, 0.3) is 5.91 Å². The topological polar surface area (TPSA) is 103 Å². The number of hydrogen-bond acceptors (Lipinski definition) is 8. The molecule has 9 nitrogen and oxygen atoms in total. The highest BCUT2D eigenvalue weighted by molar-refractivity contribution is 5.84. The molecule has 2 aromatic heterocycles. The Balaban J connectivity index is 1.19. The number of aromatic nitrogens is 2. The molecule has 1 amide bonds. The Bertz CT molecular complexity index is 1180. The molecular formula is C26H32N6O3. The van der Waals surface area contributed by atoms with Crippen molar-refractivity contribution in [1.82, 2.24) is 30.6 Å². The van der Waals surface area contributed by atoms with Gasteiger partial charge in [-0.1, -0.05) is 6.07 Å². The zero-order chi connectivity index (χ0) is 24.4. The second-order valence-electron chi connectivity index (χ2n) is 9.77. The lowest BCUT2D eigenvalue weighted by Gasteiger charge is -2.37. The van der Waals surface area contributed by atoms with Crippen molar-refractivity contribution >= 4 is 16.8 Å². The molecule has 4 heterocycles. The number of aliphatic hydroxyl groups is 1. The monoisotopic (exact) mass is 476 g/mol. The molecule has 2 saturated heterocycles. The lowest BCUT2D eigenvalue weighted by molar-refractivity contribution is -0.149. The molecule has 3 N–H and O–H groups in total. The van der Waals surface area contributed by atoms with Crippen LogP contribution in [0.5, 0.6) is 11.6 Å². The predicted octanol–water partition coefficient (Wildman–Crippen LogP) is 2.38. The van der Waals surface area contributed by atoms with Crippen LogP contribution in [0, 0.1) is 0 Å². The summed E-state index contributed by atoms with van der Waals surface area (Å²) in [5.41, 5.74) is 8.18. The van der Waals surface area contributed by atoms with E-state index in [4.69, 9.17) is 4.74 Å². The Morgan fingerprint density at radius 3 is 2.63 bits per heavy atom. The molecule has 3 aromatic rings. The van der Waals surface area contributed by atoms with E-state index in [1.807, 2.05) is 42.7 Å². The van der Waals surface area contributed by atoms with E-state index in [0.717, 1.165) is 54.6 Å². The summed E-state index contributed by atoms with van der Waals surface area (Å²) in [7, 11) is 0. The van der Waals surface area contributed by atoms with Gasteiger partial charge in [-0.2, -0.15) is 0 Å². The molecule has 2 aliphatic rings. The summed E-state index contributed by atoms with van der Waals surface area (Å²) in [6.07, 6.45) is 4.79. The first-order valence-electron chi connectivity index (χ1n) is 12.1. The molecule has 0 radical (unpaired) electrons. The van der Waals surface area contributed by atoms with E-state index in [2.05, 4.69) is 31.8 Å². The number of fused-ring (bicyclic) bond motifs is 1. The van der Waals surface area contributed by atoms with Crippen LogP contribution in [0.25, 0.3) is 10.9 Å². The molecule has 5 rings (SSSR count). The Morgan fingerprint density at radius 2 is 1.94 bits per heavy atom. The molecule has 2 aliphatic heterocycles. The van der Waals surface area contributed by atoms with Gasteiger partial charge in [0, 0.05) is 75.2 Å². The average molecular weight is 477 g/mol. The summed E-state index contributed by atoms with van der Waals surface area (Å²) < 4.78 is 5.96. The first-order valence-corrected chi connectivity index (χ1v) is 12.1. The SMILES string of the molecule is CC(C)(O)C(=O)N1CCN(Cc2cnc3cc(Oc4ccc(C5CCNN5)cn4)ccc3c2)CC1. The molecule has 9 heteroatoms. The normalized spacial score (nSPS) is 19.3. The minimum absolute atomic E-state index is 0.211. The Kier molecular flexibility index (Phi) is 6.66. The number of nitrogens with zero attached hydrogens (tertiary/aromatic N) is 4. The van der Waals surface area contributed by atoms with Gasteiger partial charge in [-0.25, -0.2) is 4.98 Å². The average Bonchev–Trinajstić information content (AvgIpc) is 3.39. The van der Waals surface area contributed by atoms with Crippen LogP contribution >= 0.6 is 0 Å². The van der Waals surface area contributed by atoms with Crippen molar-refractivity contribution in [2.24, 2.45) is 0 Å². The summed E-state index contributed by atoms with van der Waals surface area (Å²) in [4.78, 5) is 25.4. The number of amides is 1. The number of piperazine rings is 1. The number of carbonyl (C=O) groups is 1. The third-order valence-corrected chi connectivity index (χ3v) is 6.52. The van der Waals surface area contributed by atoms with E-state index in [0.29, 0.717) is 24.7 Å². The molecule has 0 spiro atoms. The van der Waals surface area contributed by atoms with Gasteiger partial charge in [0.05, 0.1) is 5.52 Å². The zero-order valence-electron chi connectivity index (χ0n) is 20.2. The van der Waals surface area contributed by atoms with Crippen LogP contribution in [0.15, 0.2) is 48.8 Å².